The summed E-state index contributed by atoms with van der Waals surface area (Å²) >= 11 is 0. The average molecular weight is 244 g/mol. The van der Waals surface area contributed by atoms with Gasteiger partial charge in [-0.1, -0.05) is 0 Å². The molecule has 0 radical (unpaired) electrons. The molecule has 0 aromatic carbocycles. The van der Waals surface area contributed by atoms with Crippen LogP contribution in [0.25, 0.3) is 5.52 Å². The fourth-order valence-electron chi connectivity index (χ4n) is 1.54. The number of nitrogens with zero attached hydrogens (tertiary/aromatic N) is 3. The molecule has 7 heteroatoms. The van der Waals surface area contributed by atoms with Gasteiger partial charge in [-0.2, -0.15) is 0 Å². The summed E-state index contributed by atoms with van der Waals surface area (Å²) in [5.41, 5.74) is 3.94. The number of anilines is 1. The van der Waals surface area contributed by atoms with E-state index < -0.39 is 17.7 Å². The Labute approximate surface area is 95.3 Å². The number of alkyl halides is 2. The van der Waals surface area contributed by atoms with Gasteiger partial charge in [0.05, 0.1) is 17.3 Å². The second-order valence-electron chi connectivity index (χ2n) is 4.31. The number of hydrogen-bond acceptors (Lipinski definition) is 3. The van der Waals surface area contributed by atoms with Gasteiger partial charge < -0.3 is 5.73 Å². The lowest BCUT2D eigenvalue weighted by Gasteiger charge is -2.22. The maximum atomic E-state index is 13.5. The summed E-state index contributed by atoms with van der Waals surface area (Å²) in [6, 6.07) is 1.04. The number of rotatable bonds is 2. The molecule has 2 rings (SSSR count). The highest BCUT2D eigenvalue weighted by atomic mass is 19.3. The lowest BCUT2D eigenvalue weighted by molar-refractivity contribution is 0.0661. The van der Waals surface area contributed by atoms with Crippen LogP contribution in [-0.4, -0.2) is 21.0 Å². The van der Waals surface area contributed by atoms with E-state index in [9.17, 15) is 13.2 Å². The van der Waals surface area contributed by atoms with Crippen molar-refractivity contribution in [2.75, 3.05) is 5.73 Å². The van der Waals surface area contributed by atoms with Crippen molar-refractivity contribution >= 4 is 11.5 Å². The zero-order valence-electron chi connectivity index (χ0n) is 9.28. The molecular weight excluding hydrogens is 233 g/mol. The minimum atomic E-state index is -2.64. The minimum Gasteiger partial charge on any atom is -0.367 e. The van der Waals surface area contributed by atoms with Gasteiger partial charge in [0.2, 0.25) is 12.4 Å². The topological polar surface area (TPSA) is 56.2 Å². The van der Waals surface area contributed by atoms with Crippen LogP contribution in [0.1, 0.15) is 19.5 Å². The van der Waals surface area contributed by atoms with Gasteiger partial charge >= 0.3 is 0 Å². The molecule has 0 fully saturated rings. The molecule has 92 valence electrons. The summed E-state index contributed by atoms with van der Waals surface area (Å²) in [7, 11) is 0. The third-order valence-corrected chi connectivity index (χ3v) is 2.69. The molecule has 0 saturated heterocycles. The molecule has 0 bridgehead atoms. The van der Waals surface area contributed by atoms with Crippen LogP contribution in [0.5, 0.6) is 0 Å². The molecule has 0 aliphatic carbocycles. The zero-order valence-corrected chi connectivity index (χ0v) is 9.28. The highest BCUT2D eigenvalue weighted by molar-refractivity contribution is 5.50. The van der Waals surface area contributed by atoms with Crippen LogP contribution >= 0.6 is 0 Å². The van der Waals surface area contributed by atoms with Gasteiger partial charge in [-0.15, -0.1) is 5.10 Å². The standard InChI is InChI=1S/C10H11F3N4/c1-10(2,8(12)13)7-3-5(11)6-4-15-9(14)16-17(6)7/h3-4,8H,1-2H3,(H2,14,16). The fraction of sp³-hybridized carbons (Fsp3) is 0.400. The Morgan fingerprint density at radius 3 is 2.65 bits per heavy atom. The summed E-state index contributed by atoms with van der Waals surface area (Å²) in [5, 5.41) is 3.76. The molecule has 2 N–H and O–H groups in total. The van der Waals surface area contributed by atoms with Crippen LogP contribution in [0.3, 0.4) is 0 Å². The van der Waals surface area contributed by atoms with Gasteiger partial charge in [-0.25, -0.2) is 22.7 Å². The Kier molecular flexibility index (Phi) is 2.48. The lowest BCUT2D eigenvalue weighted by Crippen LogP contribution is -2.29. The zero-order chi connectivity index (χ0) is 12.8. The van der Waals surface area contributed by atoms with Crippen molar-refractivity contribution in [3.05, 3.63) is 23.8 Å². The summed E-state index contributed by atoms with van der Waals surface area (Å²) in [5.74, 6) is -0.742. The Bertz CT molecular complexity index is 562. The number of aromatic nitrogens is 3. The molecule has 0 spiro atoms. The van der Waals surface area contributed by atoms with Crippen molar-refractivity contribution in [3.63, 3.8) is 0 Å². The third kappa shape index (κ3) is 1.71. The average Bonchev–Trinajstić information content (AvgIpc) is 2.56. The molecule has 17 heavy (non-hydrogen) atoms. The summed E-state index contributed by atoms with van der Waals surface area (Å²) < 4.78 is 40.5. The molecule has 2 aromatic heterocycles. The Hall–Kier alpha value is -1.79. The normalized spacial score (nSPS) is 12.6. The number of fused-ring (bicyclic) bond motifs is 1. The predicted molar refractivity (Wildman–Crippen MR) is 56.4 cm³/mol. The molecule has 2 aromatic rings. The van der Waals surface area contributed by atoms with E-state index >= 15 is 0 Å². The first-order valence-electron chi connectivity index (χ1n) is 4.92. The van der Waals surface area contributed by atoms with Gasteiger partial charge in [0, 0.05) is 0 Å². The van der Waals surface area contributed by atoms with E-state index in [0.29, 0.717) is 0 Å². The van der Waals surface area contributed by atoms with E-state index in [1.807, 2.05) is 0 Å². The third-order valence-electron chi connectivity index (χ3n) is 2.69. The van der Waals surface area contributed by atoms with Gasteiger partial charge in [0.15, 0.2) is 5.82 Å². The molecular formula is C10H11F3N4. The molecule has 0 aliphatic rings. The maximum Gasteiger partial charge on any atom is 0.249 e. The summed E-state index contributed by atoms with van der Waals surface area (Å²) in [6.07, 6.45) is -1.47. The largest absolute Gasteiger partial charge is 0.367 e. The van der Waals surface area contributed by atoms with E-state index in [1.54, 1.807) is 0 Å². The van der Waals surface area contributed by atoms with Crippen LogP contribution in [0, 0.1) is 5.82 Å². The number of nitrogen functional groups attached to an aromatic ring is 1. The number of hydrogen-bond donors (Lipinski definition) is 1. The highest BCUT2D eigenvalue weighted by Gasteiger charge is 2.35. The molecule has 0 atom stereocenters. The van der Waals surface area contributed by atoms with Crippen molar-refractivity contribution in [1.82, 2.24) is 14.6 Å². The van der Waals surface area contributed by atoms with E-state index in [4.69, 9.17) is 5.73 Å². The molecule has 2 heterocycles. The van der Waals surface area contributed by atoms with Crippen LogP contribution in [-0.2, 0) is 5.41 Å². The van der Waals surface area contributed by atoms with Crippen molar-refractivity contribution in [1.29, 1.82) is 0 Å². The van der Waals surface area contributed by atoms with Crippen LogP contribution in [0.2, 0.25) is 0 Å². The Balaban J connectivity index is 2.74. The van der Waals surface area contributed by atoms with Crippen LogP contribution < -0.4 is 5.73 Å². The second-order valence-corrected chi connectivity index (χ2v) is 4.31. The SMILES string of the molecule is CC(C)(c1cc(F)c2cnc(N)nn12)C(F)F. The van der Waals surface area contributed by atoms with E-state index in [0.717, 1.165) is 10.6 Å². The van der Waals surface area contributed by atoms with Crippen molar-refractivity contribution in [2.24, 2.45) is 0 Å². The van der Waals surface area contributed by atoms with Gasteiger partial charge in [-0.3, -0.25) is 0 Å². The summed E-state index contributed by atoms with van der Waals surface area (Å²) in [4.78, 5) is 3.63. The summed E-state index contributed by atoms with van der Waals surface area (Å²) in [6.45, 7) is 2.63. The lowest BCUT2D eigenvalue weighted by atomic mass is 9.90. The van der Waals surface area contributed by atoms with Crippen molar-refractivity contribution in [2.45, 2.75) is 25.7 Å². The second kappa shape index (κ2) is 3.61. The first kappa shape index (κ1) is 11.7. The maximum absolute atomic E-state index is 13.5. The first-order chi connectivity index (χ1) is 7.84. The van der Waals surface area contributed by atoms with E-state index in [-0.39, 0.29) is 17.2 Å². The molecule has 4 nitrogen and oxygen atoms in total. The van der Waals surface area contributed by atoms with Crippen molar-refractivity contribution in [3.8, 4) is 0 Å². The van der Waals surface area contributed by atoms with E-state index in [1.165, 1.54) is 20.0 Å². The van der Waals surface area contributed by atoms with Gasteiger partial charge in [-0.05, 0) is 19.9 Å². The molecule has 0 unspecified atom stereocenters. The molecule has 0 aliphatic heterocycles. The Morgan fingerprint density at radius 2 is 2.06 bits per heavy atom. The Morgan fingerprint density at radius 1 is 1.41 bits per heavy atom. The fourth-order valence-corrected chi connectivity index (χ4v) is 1.54. The minimum absolute atomic E-state index is 0.0305. The van der Waals surface area contributed by atoms with Crippen molar-refractivity contribution < 1.29 is 13.2 Å². The van der Waals surface area contributed by atoms with Gasteiger partial charge in [0.1, 0.15) is 5.52 Å². The highest BCUT2D eigenvalue weighted by Crippen LogP contribution is 2.32. The quantitative estimate of drug-likeness (QED) is 0.878. The molecule has 0 amide bonds. The smallest absolute Gasteiger partial charge is 0.249 e. The predicted octanol–water partition coefficient (Wildman–Crippen LogP) is 1.99. The molecule has 0 saturated carbocycles. The number of nitrogens with two attached hydrogens (primary N) is 1. The first-order valence-corrected chi connectivity index (χ1v) is 4.92. The van der Waals surface area contributed by atoms with Gasteiger partial charge in [0.25, 0.3) is 0 Å². The monoisotopic (exact) mass is 244 g/mol. The van der Waals surface area contributed by atoms with E-state index in [2.05, 4.69) is 10.1 Å². The number of halogens is 3. The van der Waals surface area contributed by atoms with Crippen LogP contribution in [0.15, 0.2) is 12.3 Å². The van der Waals surface area contributed by atoms with Crippen LogP contribution in [0.4, 0.5) is 19.1 Å².